The summed E-state index contributed by atoms with van der Waals surface area (Å²) in [7, 11) is 0. The van der Waals surface area contributed by atoms with E-state index in [1.54, 1.807) is 26.0 Å². The third-order valence-corrected chi connectivity index (χ3v) is 7.28. The summed E-state index contributed by atoms with van der Waals surface area (Å²) < 4.78 is 5.93. The van der Waals surface area contributed by atoms with Gasteiger partial charge in [0.05, 0.1) is 27.8 Å². The number of amides is 2. The first-order chi connectivity index (χ1) is 24.8. The van der Waals surface area contributed by atoms with Crippen LogP contribution in [-0.2, 0) is 4.79 Å². The zero-order valence-corrected chi connectivity index (χ0v) is 29.6. The van der Waals surface area contributed by atoms with Gasteiger partial charge in [0.25, 0.3) is 12.4 Å². The van der Waals surface area contributed by atoms with Crippen molar-refractivity contribution in [2.45, 2.75) is 52.6 Å². The maximum atomic E-state index is 13.8. The van der Waals surface area contributed by atoms with Crippen LogP contribution in [0.15, 0.2) is 84.0 Å². The summed E-state index contributed by atoms with van der Waals surface area (Å²) in [4.78, 5) is 83.1. The minimum atomic E-state index is -1.33. The molecule has 0 aliphatic rings. The van der Waals surface area contributed by atoms with Crippen molar-refractivity contribution in [3.05, 3.63) is 117 Å². The number of carbonyl (C=O) groups is 6. The van der Waals surface area contributed by atoms with Crippen molar-refractivity contribution < 1.29 is 48.8 Å². The van der Waals surface area contributed by atoms with Crippen LogP contribution in [0.25, 0.3) is 0 Å². The number of Topliss-reactive ketones (excluding diaryl/α,β-unsaturated/α-hetero) is 1. The molecule has 0 fully saturated rings. The van der Waals surface area contributed by atoms with Crippen LogP contribution in [0, 0.1) is 11.8 Å². The van der Waals surface area contributed by atoms with Gasteiger partial charge < -0.3 is 36.0 Å². The number of ether oxygens (including phenoxy) is 1. The number of hydrogen-bond donors (Lipinski definition) is 6. The van der Waals surface area contributed by atoms with Gasteiger partial charge in [-0.25, -0.2) is 9.59 Å². The molecule has 4 aromatic rings. The minimum absolute atomic E-state index is 0.00881. The van der Waals surface area contributed by atoms with Crippen molar-refractivity contribution in [1.29, 1.82) is 0 Å². The van der Waals surface area contributed by atoms with Gasteiger partial charge in [-0.15, -0.1) is 4.91 Å². The lowest BCUT2D eigenvalue weighted by Crippen LogP contribution is -2.41. The topological polar surface area (TPSA) is 238 Å². The van der Waals surface area contributed by atoms with Crippen molar-refractivity contribution >= 4 is 53.1 Å². The van der Waals surface area contributed by atoms with Crippen LogP contribution >= 0.6 is 0 Å². The number of nitrogens with zero attached hydrogens (tertiary/aromatic N) is 1. The van der Waals surface area contributed by atoms with Crippen molar-refractivity contribution in [3.8, 4) is 11.5 Å². The maximum Gasteiger partial charge on any atom is 0.336 e. The van der Waals surface area contributed by atoms with Crippen LogP contribution in [0.5, 0.6) is 11.5 Å². The molecule has 0 unspecified atom stereocenters. The summed E-state index contributed by atoms with van der Waals surface area (Å²) in [5.41, 5.74) is -0.725. The first-order valence-electron chi connectivity index (χ1n) is 15.8. The second-order valence-electron chi connectivity index (χ2n) is 13.2. The Morgan fingerprint density at radius 2 is 1.23 bits per heavy atom. The van der Waals surface area contributed by atoms with E-state index in [0.29, 0.717) is 11.4 Å². The predicted octanol–water partition coefficient (Wildman–Crippen LogP) is 7.33. The summed E-state index contributed by atoms with van der Waals surface area (Å²) >= 11 is 0. The number of anilines is 3. The van der Waals surface area contributed by atoms with E-state index in [9.17, 15) is 39.1 Å². The Morgan fingerprint density at radius 1 is 0.679 bits per heavy atom. The van der Waals surface area contributed by atoms with Gasteiger partial charge in [0.15, 0.2) is 5.78 Å². The molecule has 15 heteroatoms. The van der Waals surface area contributed by atoms with E-state index in [4.69, 9.17) is 14.6 Å². The molecular weight excluding hydrogens is 688 g/mol. The number of nitroso groups, excluding NO2 is 1. The second-order valence-corrected chi connectivity index (χ2v) is 13.2. The van der Waals surface area contributed by atoms with Crippen molar-refractivity contribution in [3.63, 3.8) is 0 Å². The molecule has 0 aromatic heterocycles. The van der Waals surface area contributed by atoms with Crippen LogP contribution in [0.3, 0.4) is 0 Å². The number of carbonyl (C=O) groups excluding carboxylic acids is 3. The first-order valence-corrected chi connectivity index (χ1v) is 15.8. The Hall–Kier alpha value is -6.90. The fraction of sp³-hybridized carbons (Fsp3) is 0.211. The molecule has 2 amide bonds. The van der Waals surface area contributed by atoms with Crippen LogP contribution in [-0.4, -0.2) is 62.4 Å². The average molecular weight is 727 g/mol. The minimum Gasteiger partial charge on any atom is -0.483 e. The highest BCUT2D eigenvalue weighted by atomic mass is 16.5. The molecule has 4 aromatic carbocycles. The van der Waals surface area contributed by atoms with Gasteiger partial charge in [0, 0.05) is 33.3 Å². The van der Waals surface area contributed by atoms with Gasteiger partial charge in [-0.2, -0.15) is 0 Å². The molecule has 4 rings (SSSR count). The molecular formula is C38H38N4O11. The number of hydrogen-bond acceptors (Lipinski definition) is 10. The number of ketones is 1. The molecule has 0 saturated heterocycles. The third kappa shape index (κ3) is 11.0. The molecule has 0 heterocycles. The van der Waals surface area contributed by atoms with E-state index >= 15 is 0 Å². The predicted molar refractivity (Wildman–Crippen MR) is 197 cm³/mol. The van der Waals surface area contributed by atoms with E-state index in [1.807, 2.05) is 39.8 Å². The number of aryl methyl sites for hydroxylation is 1. The lowest BCUT2D eigenvalue weighted by atomic mass is 9.89. The van der Waals surface area contributed by atoms with Crippen LogP contribution in [0.4, 0.5) is 17.1 Å². The van der Waals surface area contributed by atoms with E-state index in [2.05, 4.69) is 21.1 Å². The van der Waals surface area contributed by atoms with Gasteiger partial charge in [-0.1, -0.05) is 17.7 Å². The van der Waals surface area contributed by atoms with Crippen LogP contribution < -0.4 is 20.7 Å². The largest absolute Gasteiger partial charge is 0.483 e. The molecule has 0 radical (unpaired) electrons. The quantitative estimate of drug-likeness (QED) is 0.0477. The molecule has 276 valence electrons. The number of rotatable bonds is 12. The Balaban J connectivity index is 0.00000243. The molecule has 0 aliphatic heterocycles. The summed E-state index contributed by atoms with van der Waals surface area (Å²) in [6.45, 7) is 10.5. The van der Waals surface area contributed by atoms with E-state index in [-0.39, 0.29) is 51.5 Å². The van der Waals surface area contributed by atoms with Crippen LogP contribution in [0.1, 0.15) is 92.0 Å². The summed E-state index contributed by atoms with van der Waals surface area (Å²) in [5, 5.41) is 37.6. The summed E-state index contributed by atoms with van der Waals surface area (Å²) in [6.07, 6.45) is 0. The molecule has 15 nitrogen and oxygen atoms in total. The Kier molecular flexibility index (Phi) is 12.9. The standard InChI is InChI=1S/C37H36N4O9.CH2O2/c1-20-7-9-22(10-8-20)40-37(5,6)31(42)29-18-25(12-14-28(29)35(47)48)50-26-11-13-27(33(44)41-49)30(19-26)32(43)38-23-15-21(34(45)46)16-24(17-23)39-36(2,3)4;2-1-3/h7-19,39-40H,1-6H3,(H,38,43)(H,45,46)(H,47,48);1H,(H,2,3). The molecule has 0 atom stereocenters. The van der Waals surface area contributed by atoms with Gasteiger partial charge in [-0.3, -0.25) is 19.2 Å². The summed E-state index contributed by atoms with van der Waals surface area (Å²) in [5.74, 6) is -5.20. The molecule has 6 N–H and O–H groups in total. The number of nitrogens with one attached hydrogen (secondary N) is 3. The highest BCUT2D eigenvalue weighted by molar-refractivity contribution is 6.13. The lowest BCUT2D eigenvalue weighted by molar-refractivity contribution is -0.122. The van der Waals surface area contributed by atoms with Crippen molar-refractivity contribution in [2.75, 3.05) is 16.0 Å². The highest BCUT2D eigenvalue weighted by Gasteiger charge is 2.32. The number of carboxylic acid groups (broad SMARTS) is 3. The number of carboxylic acids is 2. The molecule has 53 heavy (non-hydrogen) atoms. The Labute approximate surface area is 304 Å². The fourth-order valence-electron chi connectivity index (χ4n) is 5.03. The first kappa shape index (κ1) is 40.5. The highest BCUT2D eigenvalue weighted by Crippen LogP contribution is 2.30. The fourth-order valence-corrected chi connectivity index (χ4v) is 5.03. The Bertz CT molecular complexity index is 2070. The molecule has 0 saturated carbocycles. The summed E-state index contributed by atoms with van der Waals surface area (Å²) in [6, 6.07) is 18.9. The number of benzene rings is 4. The lowest BCUT2D eigenvalue weighted by Gasteiger charge is -2.27. The average Bonchev–Trinajstić information content (AvgIpc) is 3.07. The van der Waals surface area contributed by atoms with Crippen LogP contribution in [0.2, 0.25) is 0 Å². The van der Waals surface area contributed by atoms with E-state index < -0.39 is 40.6 Å². The second kappa shape index (κ2) is 16.9. The Morgan fingerprint density at radius 3 is 1.75 bits per heavy atom. The van der Waals surface area contributed by atoms with E-state index in [0.717, 1.165) is 11.6 Å². The third-order valence-electron chi connectivity index (χ3n) is 7.28. The van der Waals surface area contributed by atoms with Gasteiger partial charge >= 0.3 is 17.8 Å². The molecule has 0 bridgehead atoms. The normalized spacial score (nSPS) is 10.8. The van der Waals surface area contributed by atoms with Crippen molar-refractivity contribution in [1.82, 2.24) is 0 Å². The maximum absolute atomic E-state index is 13.8. The number of aromatic carboxylic acids is 2. The zero-order chi connectivity index (χ0) is 39.7. The monoisotopic (exact) mass is 726 g/mol. The van der Waals surface area contributed by atoms with Crippen molar-refractivity contribution in [2.24, 2.45) is 5.18 Å². The molecule has 0 aliphatic carbocycles. The molecule has 0 spiro atoms. The SMILES string of the molecule is Cc1ccc(NC(C)(C)C(=O)c2cc(Oc3ccc(C(=O)N=O)c(C(=O)Nc4cc(NC(C)(C)C)cc(C(=O)O)c4)c3)ccc2C(=O)O)cc1.O=CO. The smallest absolute Gasteiger partial charge is 0.336 e. The van der Waals surface area contributed by atoms with Gasteiger partial charge in [-0.05, 0) is 108 Å². The van der Waals surface area contributed by atoms with E-state index in [1.165, 1.54) is 48.5 Å². The van der Waals surface area contributed by atoms with Gasteiger partial charge in [0.2, 0.25) is 0 Å². The zero-order valence-electron chi connectivity index (χ0n) is 29.6. The van der Waals surface area contributed by atoms with Gasteiger partial charge in [0.1, 0.15) is 11.5 Å².